The van der Waals surface area contributed by atoms with E-state index >= 15 is 0 Å². The van der Waals surface area contributed by atoms with Crippen molar-refractivity contribution in [1.82, 2.24) is 0 Å². The van der Waals surface area contributed by atoms with Gasteiger partial charge in [0, 0.05) is 7.05 Å². The zero-order valence-corrected chi connectivity index (χ0v) is 10.2. The zero-order chi connectivity index (χ0) is 12.8. The van der Waals surface area contributed by atoms with Crippen LogP contribution in [0.25, 0.3) is 0 Å². The molecule has 2 rings (SSSR count). The highest BCUT2D eigenvalue weighted by Crippen LogP contribution is 2.37. The number of halogens is 1. The predicted octanol–water partition coefficient (Wildman–Crippen LogP) is 1.33. The molecule has 0 amide bonds. The van der Waals surface area contributed by atoms with Crippen molar-refractivity contribution in [1.29, 1.82) is 5.26 Å². The quantitative estimate of drug-likeness (QED) is 0.700. The highest BCUT2D eigenvalue weighted by Gasteiger charge is 2.42. The first-order chi connectivity index (χ1) is 7.91. The third-order valence-electron chi connectivity index (χ3n) is 3.12. The molecule has 1 aromatic rings. The molecule has 1 aliphatic rings. The van der Waals surface area contributed by atoms with E-state index in [0.717, 1.165) is 0 Å². The lowest BCUT2D eigenvalue weighted by Gasteiger charge is -2.36. The minimum Gasteiger partial charge on any atom is -0.366 e. The minimum absolute atomic E-state index is 0.0477. The smallest absolute Gasteiger partial charge is 0.198 e. The van der Waals surface area contributed by atoms with Crippen LogP contribution in [0.3, 0.4) is 0 Å². The van der Waals surface area contributed by atoms with Crippen molar-refractivity contribution in [2.24, 2.45) is 0 Å². The van der Waals surface area contributed by atoms with Gasteiger partial charge in [-0.1, -0.05) is 6.07 Å². The van der Waals surface area contributed by atoms with E-state index < -0.39 is 26.9 Å². The molecular formula is C11H11FN2O2S. The number of nitrogens with zero attached hydrogens (tertiary/aromatic N) is 2. The van der Waals surface area contributed by atoms with Gasteiger partial charge < -0.3 is 4.90 Å². The topological polar surface area (TPSA) is 61.2 Å². The maximum Gasteiger partial charge on any atom is 0.198 e. The summed E-state index contributed by atoms with van der Waals surface area (Å²) in [5.41, 5.74) is 0.0477. The van der Waals surface area contributed by atoms with Crippen LogP contribution in [0.2, 0.25) is 0 Å². The Kier molecular flexibility index (Phi) is 2.59. The number of fused-ring (bicyclic) bond motifs is 1. The molecule has 0 aliphatic carbocycles. The Hall–Kier alpha value is -1.61. The van der Waals surface area contributed by atoms with E-state index in [1.807, 2.05) is 0 Å². The highest BCUT2D eigenvalue weighted by atomic mass is 32.2. The molecule has 0 saturated heterocycles. The maximum atomic E-state index is 13.7. The Bertz CT molecular complexity index is 606. The fourth-order valence-corrected chi connectivity index (χ4v) is 3.94. The molecule has 0 radical (unpaired) electrons. The first-order valence-corrected chi connectivity index (χ1v) is 6.60. The van der Waals surface area contributed by atoms with Crippen LogP contribution >= 0.6 is 0 Å². The second kappa shape index (κ2) is 3.70. The molecule has 0 N–H and O–H groups in total. The van der Waals surface area contributed by atoms with E-state index in [1.54, 1.807) is 20.0 Å². The molecule has 0 fully saturated rings. The van der Waals surface area contributed by atoms with Gasteiger partial charge in [-0.25, -0.2) is 12.8 Å². The Balaban J connectivity index is 2.81. The van der Waals surface area contributed by atoms with Crippen LogP contribution in [0.5, 0.6) is 0 Å². The van der Waals surface area contributed by atoms with Crippen molar-refractivity contribution in [2.45, 2.75) is 23.1 Å². The fraction of sp³-hybridized carbons (Fsp3) is 0.364. The van der Waals surface area contributed by atoms with Gasteiger partial charge in [0.15, 0.2) is 15.1 Å². The summed E-state index contributed by atoms with van der Waals surface area (Å²) in [6.45, 7) is 1.60. The monoisotopic (exact) mass is 254 g/mol. The van der Waals surface area contributed by atoms with Crippen molar-refractivity contribution >= 4 is 15.5 Å². The lowest BCUT2D eigenvalue weighted by Crippen LogP contribution is -2.47. The van der Waals surface area contributed by atoms with Crippen LogP contribution in [0.15, 0.2) is 23.1 Å². The molecule has 6 heteroatoms. The van der Waals surface area contributed by atoms with Crippen LogP contribution in [0, 0.1) is 17.1 Å². The summed E-state index contributed by atoms with van der Waals surface area (Å²) in [6, 6.07) is 5.09. The second-order valence-corrected chi connectivity index (χ2v) is 6.07. The second-order valence-electron chi connectivity index (χ2n) is 4.03. The third-order valence-corrected chi connectivity index (χ3v) is 5.23. The summed E-state index contributed by atoms with van der Waals surface area (Å²) in [5.74, 6) is -0.586. The lowest BCUT2D eigenvalue weighted by molar-refractivity contribution is 0.549. The predicted molar refractivity (Wildman–Crippen MR) is 60.9 cm³/mol. The Morgan fingerprint density at radius 2 is 2.12 bits per heavy atom. The molecule has 0 bridgehead atoms. The van der Waals surface area contributed by atoms with Crippen LogP contribution in [0.1, 0.15) is 6.92 Å². The lowest BCUT2D eigenvalue weighted by atomic mass is 10.1. The molecule has 4 nitrogen and oxygen atoms in total. The van der Waals surface area contributed by atoms with Gasteiger partial charge in [-0.3, -0.25) is 0 Å². The highest BCUT2D eigenvalue weighted by molar-refractivity contribution is 7.92. The summed E-state index contributed by atoms with van der Waals surface area (Å²) < 4.78 is 37.9. The summed E-state index contributed by atoms with van der Waals surface area (Å²) in [7, 11) is -2.19. The van der Waals surface area contributed by atoms with Crippen molar-refractivity contribution in [3.63, 3.8) is 0 Å². The van der Waals surface area contributed by atoms with Crippen LogP contribution in [-0.4, -0.2) is 26.8 Å². The van der Waals surface area contributed by atoms with Crippen molar-refractivity contribution in [3.8, 4) is 6.07 Å². The first-order valence-electron chi connectivity index (χ1n) is 5.06. The summed E-state index contributed by atoms with van der Waals surface area (Å²) >= 11 is 0. The minimum atomic E-state index is -3.78. The van der Waals surface area contributed by atoms with Crippen LogP contribution < -0.4 is 4.90 Å². The summed E-state index contributed by atoms with van der Waals surface area (Å²) in [5, 5.41) is 7.80. The molecule has 0 aromatic heterocycles. The van der Waals surface area contributed by atoms with Crippen molar-refractivity contribution in [3.05, 3.63) is 24.0 Å². The van der Waals surface area contributed by atoms with E-state index in [0.29, 0.717) is 0 Å². The van der Waals surface area contributed by atoms with E-state index in [9.17, 15) is 12.8 Å². The van der Waals surface area contributed by atoms with E-state index in [-0.39, 0.29) is 10.6 Å². The number of benzene rings is 1. The van der Waals surface area contributed by atoms with Crippen LogP contribution in [-0.2, 0) is 9.84 Å². The average Bonchev–Trinajstić information content (AvgIpc) is 2.26. The number of nitriles is 1. The number of sulfone groups is 1. The van der Waals surface area contributed by atoms with Gasteiger partial charge in [-0.05, 0) is 19.1 Å². The Labute approximate surface area is 99.2 Å². The number of hydrogen-bond donors (Lipinski definition) is 0. The molecule has 2 unspecified atom stereocenters. The molecular weight excluding hydrogens is 243 g/mol. The number of rotatable bonds is 0. The Morgan fingerprint density at radius 3 is 2.71 bits per heavy atom. The average molecular weight is 254 g/mol. The molecule has 17 heavy (non-hydrogen) atoms. The maximum absolute atomic E-state index is 13.7. The van der Waals surface area contributed by atoms with Crippen molar-refractivity contribution in [2.75, 3.05) is 11.9 Å². The number of para-hydroxylation sites is 1. The van der Waals surface area contributed by atoms with Gasteiger partial charge in [0.05, 0.1) is 22.7 Å². The standard InChI is InChI=1S/C11H11FN2O2S/c1-7-10(6-13)17(15,16)9-5-3-4-8(12)11(9)14(7)2/h3-5,7,10H,1-2H3. The third kappa shape index (κ3) is 1.50. The number of hydrogen-bond acceptors (Lipinski definition) is 4. The molecule has 2 atom stereocenters. The van der Waals surface area contributed by atoms with E-state index in [1.165, 1.54) is 23.1 Å². The number of anilines is 1. The van der Waals surface area contributed by atoms with Crippen LogP contribution in [0.4, 0.5) is 10.1 Å². The van der Waals surface area contributed by atoms with Gasteiger partial charge in [-0.15, -0.1) is 0 Å². The van der Waals surface area contributed by atoms with Gasteiger partial charge in [0.25, 0.3) is 0 Å². The normalized spacial score (nSPS) is 26.1. The summed E-state index contributed by atoms with van der Waals surface area (Å²) in [6.07, 6.45) is 0. The molecule has 1 aromatic carbocycles. The molecule has 1 heterocycles. The fourth-order valence-electron chi connectivity index (χ4n) is 2.05. The van der Waals surface area contributed by atoms with Gasteiger partial charge >= 0.3 is 0 Å². The largest absolute Gasteiger partial charge is 0.366 e. The van der Waals surface area contributed by atoms with E-state index in [4.69, 9.17) is 5.26 Å². The Morgan fingerprint density at radius 1 is 1.47 bits per heavy atom. The van der Waals surface area contributed by atoms with E-state index in [2.05, 4.69) is 0 Å². The van der Waals surface area contributed by atoms with Gasteiger partial charge in [0.1, 0.15) is 5.82 Å². The molecule has 90 valence electrons. The molecule has 0 saturated carbocycles. The zero-order valence-electron chi connectivity index (χ0n) is 9.38. The molecule has 0 spiro atoms. The summed E-state index contributed by atoms with van der Waals surface area (Å²) in [4.78, 5) is 1.39. The SMILES string of the molecule is CC1C(C#N)S(=O)(=O)c2cccc(F)c2N1C. The van der Waals surface area contributed by atoms with Gasteiger partial charge in [0.2, 0.25) is 0 Å². The van der Waals surface area contributed by atoms with Gasteiger partial charge in [-0.2, -0.15) is 5.26 Å². The first kappa shape index (κ1) is 11.9. The van der Waals surface area contributed by atoms with Crippen molar-refractivity contribution < 1.29 is 12.8 Å². The molecule has 1 aliphatic heterocycles.